The van der Waals surface area contributed by atoms with E-state index in [0.717, 1.165) is 0 Å². The summed E-state index contributed by atoms with van der Waals surface area (Å²) in [5.74, 6) is -1.10. The van der Waals surface area contributed by atoms with Crippen molar-refractivity contribution >= 4 is 29.3 Å². The maximum Gasteiger partial charge on any atom is 0.337 e. The largest absolute Gasteiger partial charge is 0.478 e. The first-order chi connectivity index (χ1) is 7.59. The predicted octanol–water partition coefficient (Wildman–Crippen LogP) is 1.57. The van der Waals surface area contributed by atoms with Crippen molar-refractivity contribution in [1.82, 2.24) is 5.32 Å². The van der Waals surface area contributed by atoms with Gasteiger partial charge in [-0.3, -0.25) is 4.90 Å². The third-order valence-electron chi connectivity index (χ3n) is 2.34. The Hall–Kier alpha value is -1.75. The molecule has 0 bridgehead atoms. The Morgan fingerprint density at radius 1 is 1.50 bits per heavy atom. The lowest BCUT2D eigenvalue weighted by atomic mass is 10.1. The summed E-state index contributed by atoms with van der Waals surface area (Å²) in [7, 11) is 0. The number of carboxylic acids is 1. The standard InChI is InChI=1S/C10H9ClN2O3/c11-6-1-2-8(7(5-6)9(14)15)13-4-3-12-10(13)16/h1-2,5H,3-4H2,(H,12,16)(H,14,15). The molecule has 1 aliphatic heterocycles. The summed E-state index contributed by atoms with van der Waals surface area (Å²) >= 11 is 5.72. The Balaban J connectivity index is 2.47. The Morgan fingerprint density at radius 3 is 2.81 bits per heavy atom. The lowest BCUT2D eigenvalue weighted by molar-refractivity contribution is 0.0697. The van der Waals surface area contributed by atoms with Gasteiger partial charge < -0.3 is 10.4 Å². The number of rotatable bonds is 2. The number of halogens is 1. The van der Waals surface area contributed by atoms with E-state index in [2.05, 4.69) is 5.32 Å². The fraction of sp³-hybridized carbons (Fsp3) is 0.200. The Labute approximate surface area is 96.6 Å². The monoisotopic (exact) mass is 240 g/mol. The average Bonchev–Trinajstić information content (AvgIpc) is 2.64. The van der Waals surface area contributed by atoms with E-state index in [1.54, 1.807) is 6.07 Å². The van der Waals surface area contributed by atoms with Crippen LogP contribution < -0.4 is 10.2 Å². The minimum absolute atomic E-state index is 0.0320. The van der Waals surface area contributed by atoms with Crippen molar-refractivity contribution in [2.75, 3.05) is 18.0 Å². The molecule has 0 aliphatic carbocycles. The summed E-state index contributed by atoms with van der Waals surface area (Å²) in [5.41, 5.74) is 0.399. The van der Waals surface area contributed by atoms with Crippen LogP contribution in [0.2, 0.25) is 5.02 Å². The number of nitrogens with one attached hydrogen (secondary N) is 1. The first-order valence-corrected chi connectivity index (χ1v) is 5.05. The first kappa shape index (κ1) is 10.8. The summed E-state index contributed by atoms with van der Waals surface area (Å²) in [5, 5.41) is 12.0. The molecule has 0 spiro atoms. The molecule has 0 atom stereocenters. The highest BCUT2D eigenvalue weighted by atomic mass is 35.5. The lowest BCUT2D eigenvalue weighted by Gasteiger charge is -2.16. The molecular formula is C10H9ClN2O3. The summed E-state index contributed by atoms with van der Waals surface area (Å²) in [6, 6.07) is 4.15. The second-order valence-corrected chi connectivity index (χ2v) is 3.79. The number of aromatic carboxylic acids is 1. The minimum atomic E-state index is -1.10. The molecule has 1 saturated heterocycles. The van der Waals surface area contributed by atoms with Gasteiger partial charge in [0.2, 0.25) is 0 Å². The fourth-order valence-corrected chi connectivity index (χ4v) is 1.79. The fourth-order valence-electron chi connectivity index (χ4n) is 1.62. The summed E-state index contributed by atoms with van der Waals surface area (Å²) < 4.78 is 0. The van der Waals surface area contributed by atoms with E-state index < -0.39 is 5.97 Å². The molecule has 0 radical (unpaired) electrons. The van der Waals surface area contributed by atoms with Gasteiger partial charge in [0.15, 0.2) is 0 Å². The maximum atomic E-state index is 11.4. The van der Waals surface area contributed by atoms with Crippen LogP contribution in [0.25, 0.3) is 0 Å². The average molecular weight is 241 g/mol. The van der Waals surface area contributed by atoms with Crippen molar-refractivity contribution in [2.24, 2.45) is 0 Å². The number of carboxylic acid groups (broad SMARTS) is 1. The van der Waals surface area contributed by atoms with E-state index in [9.17, 15) is 9.59 Å². The smallest absolute Gasteiger partial charge is 0.337 e. The second-order valence-electron chi connectivity index (χ2n) is 3.35. The van der Waals surface area contributed by atoms with Crippen LogP contribution >= 0.6 is 11.6 Å². The van der Waals surface area contributed by atoms with Gasteiger partial charge in [0.25, 0.3) is 0 Å². The van der Waals surface area contributed by atoms with E-state index in [1.807, 2.05) is 0 Å². The lowest BCUT2D eigenvalue weighted by Crippen LogP contribution is -2.29. The van der Waals surface area contributed by atoms with Crippen LogP contribution in [0.4, 0.5) is 10.5 Å². The summed E-state index contributed by atoms with van der Waals surface area (Å²) in [6.45, 7) is 0.973. The number of urea groups is 1. The molecule has 1 heterocycles. The van der Waals surface area contributed by atoms with Crippen molar-refractivity contribution in [1.29, 1.82) is 0 Å². The molecule has 84 valence electrons. The third kappa shape index (κ3) is 1.81. The zero-order valence-electron chi connectivity index (χ0n) is 8.24. The normalized spacial score (nSPS) is 15.1. The Bertz CT molecular complexity index is 461. The zero-order valence-corrected chi connectivity index (χ0v) is 8.99. The van der Waals surface area contributed by atoms with Crippen LogP contribution in [0.15, 0.2) is 18.2 Å². The molecular weight excluding hydrogens is 232 g/mol. The minimum Gasteiger partial charge on any atom is -0.478 e. The molecule has 2 rings (SSSR count). The number of hydrogen-bond donors (Lipinski definition) is 2. The van der Waals surface area contributed by atoms with Gasteiger partial charge in [-0.25, -0.2) is 9.59 Å². The van der Waals surface area contributed by atoms with Gasteiger partial charge in [0.1, 0.15) is 0 Å². The molecule has 1 aliphatic rings. The number of carbonyl (C=O) groups excluding carboxylic acids is 1. The van der Waals surface area contributed by atoms with E-state index in [1.165, 1.54) is 17.0 Å². The third-order valence-corrected chi connectivity index (χ3v) is 2.57. The van der Waals surface area contributed by atoms with Crippen LogP contribution in [0.1, 0.15) is 10.4 Å². The molecule has 1 aromatic carbocycles. The highest BCUT2D eigenvalue weighted by Crippen LogP contribution is 2.25. The van der Waals surface area contributed by atoms with Crippen molar-refractivity contribution < 1.29 is 14.7 Å². The van der Waals surface area contributed by atoms with E-state index >= 15 is 0 Å². The quantitative estimate of drug-likeness (QED) is 0.824. The number of hydrogen-bond acceptors (Lipinski definition) is 2. The zero-order chi connectivity index (χ0) is 11.7. The molecule has 5 nitrogen and oxygen atoms in total. The van der Waals surface area contributed by atoms with E-state index in [0.29, 0.717) is 23.8 Å². The molecule has 2 amide bonds. The van der Waals surface area contributed by atoms with Crippen molar-refractivity contribution in [3.05, 3.63) is 28.8 Å². The highest BCUT2D eigenvalue weighted by molar-refractivity contribution is 6.31. The molecule has 2 N–H and O–H groups in total. The number of carbonyl (C=O) groups is 2. The van der Waals surface area contributed by atoms with Crippen LogP contribution in [-0.2, 0) is 0 Å². The molecule has 0 aromatic heterocycles. The van der Waals surface area contributed by atoms with Crippen LogP contribution in [-0.4, -0.2) is 30.2 Å². The highest BCUT2D eigenvalue weighted by Gasteiger charge is 2.25. The number of amides is 2. The van der Waals surface area contributed by atoms with Crippen molar-refractivity contribution in [3.63, 3.8) is 0 Å². The van der Waals surface area contributed by atoms with Gasteiger partial charge in [0, 0.05) is 18.1 Å². The van der Waals surface area contributed by atoms with Gasteiger partial charge in [-0.05, 0) is 18.2 Å². The topological polar surface area (TPSA) is 69.6 Å². The van der Waals surface area contributed by atoms with Gasteiger partial charge >= 0.3 is 12.0 Å². The van der Waals surface area contributed by atoms with Crippen LogP contribution in [0.3, 0.4) is 0 Å². The summed E-state index contributed by atoms with van der Waals surface area (Å²) in [6.07, 6.45) is 0. The Kier molecular flexibility index (Phi) is 2.70. The second kappa shape index (κ2) is 4.02. The molecule has 6 heteroatoms. The van der Waals surface area contributed by atoms with Crippen molar-refractivity contribution in [3.8, 4) is 0 Å². The summed E-state index contributed by atoms with van der Waals surface area (Å²) in [4.78, 5) is 23.8. The van der Waals surface area contributed by atoms with Gasteiger partial charge in [-0.15, -0.1) is 0 Å². The SMILES string of the molecule is O=C(O)c1cc(Cl)ccc1N1CCNC1=O. The van der Waals surface area contributed by atoms with Crippen molar-refractivity contribution in [2.45, 2.75) is 0 Å². The number of nitrogens with zero attached hydrogens (tertiary/aromatic N) is 1. The van der Waals surface area contributed by atoms with E-state index in [-0.39, 0.29) is 11.6 Å². The van der Waals surface area contributed by atoms with Crippen LogP contribution in [0.5, 0.6) is 0 Å². The number of benzene rings is 1. The maximum absolute atomic E-state index is 11.4. The molecule has 0 saturated carbocycles. The molecule has 0 unspecified atom stereocenters. The van der Waals surface area contributed by atoms with Crippen LogP contribution in [0, 0.1) is 0 Å². The molecule has 1 aromatic rings. The molecule has 1 fully saturated rings. The predicted molar refractivity (Wildman–Crippen MR) is 59.2 cm³/mol. The van der Waals surface area contributed by atoms with Gasteiger partial charge in [0.05, 0.1) is 11.3 Å². The first-order valence-electron chi connectivity index (χ1n) is 4.68. The van der Waals surface area contributed by atoms with Gasteiger partial charge in [-0.1, -0.05) is 11.6 Å². The van der Waals surface area contributed by atoms with Gasteiger partial charge in [-0.2, -0.15) is 0 Å². The molecule has 16 heavy (non-hydrogen) atoms. The Morgan fingerprint density at radius 2 is 2.25 bits per heavy atom. The number of anilines is 1. The van der Waals surface area contributed by atoms with E-state index in [4.69, 9.17) is 16.7 Å².